The average molecular weight is 363 g/mol. The first-order chi connectivity index (χ1) is 12.8. The van der Waals surface area contributed by atoms with E-state index in [2.05, 4.69) is 5.32 Å². The number of hydrogen-bond acceptors (Lipinski definition) is 4. The fourth-order valence-electron chi connectivity index (χ4n) is 2.65. The van der Waals surface area contributed by atoms with Crippen LogP contribution in [0.15, 0.2) is 82.6 Å². The molecule has 1 aliphatic rings. The molecular formula is C21H17NO3S. The standard InChI is InChI=1S/C21H17NO3S/c23-21(15-10-11-18-19(14-15)25-13-12-24-18)22-17-8-4-5-9-20(17)26-16-6-2-1-3-7-16/h1-11,14H,12-13H2,(H,22,23). The smallest absolute Gasteiger partial charge is 0.255 e. The highest BCUT2D eigenvalue weighted by atomic mass is 32.2. The van der Waals surface area contributed by atoms with Crippen molar-refractivity contribution in [2.24, 2.45) is 0 Å². The van der Waals surface area contributed by atoms with Gasteiger partial charge in [0.05, 0.1) is 5.69 Å². The molecule has 26 heavy (non-hydrogen) atoms. The van der Waals surface area contributed by atoms with Crippen molar-refractivity contribution in [3.8, 4) is 11.5 Å². The fraction of sp³-hybridized carbons (Fsp3) is 0.0952. The SMILES string of the molecule is O=C(Nc1ccccc1Sc1ccccc1)c1ccc2c(c1)OCCO2. The van der Waals surface area contributed by atoms with Crippen LogP contribution in [0.2, 0.25) is 0 Å². The van der Waals surface area contributed by atoms with Crippen molar-refractivity contribution in [2.45, 2.75) is 9.79 Å². The summed E-state index contributed by atoms with van der Waals surface area (Å²) < 4.78 is 11.1. The quantitative estimate of drug-likeness (QED) is 0.719. The third kappa shape index (κ3) is 3.68. The molecule has 3 aromatic rings. The topological polar surface area (TPSA) is 47.6 Å². The Morgan fingerprint density at radius 2 is 1.58 bits per heavy atom. The number of carbonyl (C=O) groups is 1. The molecule has 4 nitrogen and oxygen atoms in total. The zero-order chi connectivity index (χ0) is 17.8. The minimum absolute atomic E-state index is 0.178. The second kappa shape index (κ2) is 7.54. The summed E-state index contributed by atoms with van der Waals surface area (Å²) in [6.45, 7) is 1.03. The van der Waals surface area contributed by atoms with Gasteiger partial charge in [-0.2, -0.15) is 0 Å². The number of rotatable bonds is 4. The third-order valence-corrected chi connectivity index (χ3v) is 4.99. The summed E-state index contributed by atoms with van der Waals surface area (Å²) in [6.07, 6.45) is 0. The first kappa shape index (κ1) is 16.5. The predicted molar refractivity (Wildman–Crippen MR) is 102 cm³/mol. The lowest BCUT2D eigenvalue weighted by Gasteiger charge is -2.19. The molecule has 0 saturated carbocycles. The van der Waals surface area contributed by atoms with Gasteiger partial charge in [-0.1, -0.05) is 42.1 Å². The van der Waals surface area contributed by atoms with Crippen molar-refractivity contribution in [3.63, 3.8) is 0 Å². The average Bonchev–Trinajstić information content (AvgIpc) is 2.70. The third-order valence-electron chi connectivity index (χ3n) is 3.91. The molecule has 0 aromatic heterocycles. The van der Waals surface area contributed by atoms with Crippen molar-refractivity contribution >= 4 is 23.4 Å². The van der Waals surface area contributed by atoms with Crippen molar-refractivity contribution in [2.75, 3.05) is 18.5 Å². The maximum atomic E-state index is 12.7. The predicted octanol–water partition coefficient (Wildman–Crippen LogP) is 4.86. The number of anilines is 1. The summed E-state index contributed by atoms with van der Waals surface area (Å²) in [5, 5.41) is 3.00. The van der Waals surface area contributed by atoms with Crippen LogP contribution < -0.4 is 14.8 Å². The van der Waals surface area contributed by atoms with Gasteiger partial charge in [0.2, 0.25) is 0 Å². The molecule has 0 fully saturated rings. The van der Waals surface area contributed by atoms with E-state index in [1.807, 2.05) is 54.6 Å². The second-order valence-electron chi connectivity index (χ2n) is 5.72. The van der Waals surface area contributed by atoms with Gasteiger partial charge >= 0.3 is 0 Å². The molecule has 130 valence electrons. The minimum atomic E-state index is -0.178. The van der Waals surface area contributed by atoms with E-state index in [1.54, 1.807) is 30.0 Å². The summed E-state index contributed by atoms with van der Waals surface area (Å²) in [6, 6.07) is 23.1. The Labute approximate surface area is 156 Å². The Morgan fingerprint density at radius 3 is 2.42 bits per heavy atom. The van der Waals surface area contributed by atoms with Gasteiger partial charge in [-0.05, 0) is 42.5 Å². The van der Waals surface area contributed by atoms with Gasteiger partial charge in [-0.3, -0.25) is 4.79 Å². The highest BCUT2D eigenvalue weighted by Gasteiger charge is 2.16. The second-order valence-corrected chi connectivity index (χ2v) is 6.84. The number of benzene rings is 3. The molecule has 0 bridgehead atoms. The highest BCUT2D eigenvalue weighted by molar-refractivity contribution is 7.99. The van der Waals surface area contributed by atoms with Crippen LogP contribution in [0.4, 0.5) is 5.69 Å². The first-order valence-corrected chi connectivity index (χ1v) is 9.14. The Hall–Kier alpha value is -2.92. The van der Waals surface area contributed by atoms with Crippen molar-refractivity contribution < 1.29 is 14.3 Å². The summed E-state index contributed by atoms with van der Waals surface area (Å²) >= 11 is 1.61. The van der Waals surface area contributed by atoms with Gasteiger partial charge in [-0.15, -0.1) is 0 Å². The van der Waals surface area contributed by atoms with E-state index in [9.17, 15) is 4.79 Å². The van der Waals surface area contributed by atoms with E-state index >= 15 is 0 Å². The number of hydrogen-bond donors (Lipinski definition) is 1. The van der Waals surface area contributed by atoms with Gasteiger partial charge in [0, 0.05) is 15.4 Å². The number of nitrogens with one attached hydrogen (secondary N) is 1. The number of carbonyl (C=O) groups excluding carboxylic acids is 1. The van der Waals surface area contributed by atoms with Gasteiger partial charge in [0.25, 0.3) is 5.91 Å². The van der Waals surface area contributed by atoms with E-state index in [1.165, 1.54) is 0 Å². The van der Waals surface area contributed by atoms with Gasteiger partial charge in [-0.25, -0.2) is 0 Å². The van der Waals surface area contributed by atoms with Crippen LogP contribution in [0.5, 0.6) is 11.5 Å². The van der Waals surface area contributed by atoms with Crippen LogP contribution in [0.25, 0.3) is 0 Å². The minimum Gasteiger partial charge on any atom is -0.486 e. The lowest BCUT2D eigenvalue weighted by atomic mass is 10.1. The van der Waals surface area contributed by atoms with Gasteiger partial charge in [0.1, 0.15) is 13.2 Å². The summed E-state index contributed by atoms with van der Waals surface area (Å²) in [7, 11) is 0. The lowest BCUT2D eigenvalue weighted by Crippen LogP contribution is -2.17. The van der Waals surface area contributed by atoms with E-state index in [0.29, 0.717) is 30.3 Å². The zero-order valence-corrected chi connectivity index (χ0v) is 14.8. The van der Waals surface area contributed by atoms with E-state index < -0.39 is 0 Å². The maximum absolute atomic E-state index is 12.7. The molecule has 0 unspecified atom stereocenters. The molecular weight excluding hydrogens is 346 g/mol. The van der Waals surface area contributed by atoms with Crippen molar-refractivity contribution in [1.82, 2.24) is 0 Å². The number of amides is 1. The molecule has 0 radical (unpaired) electrons. The number of ether oxygens (including phenoxy) is 2. The number of fused-ring (bicyclic) bond motifs is 1. The first-order valence-electron chi connectivity index (χ1n) is 8.32. The highest BCUT2D eigenvalue weighted by Crippen LogP contribution is 2.34. The molecule has 1 aliphatic heterocycles. The Bertz CT molecular complexity index is 928. The van der Waals surface area contributed by atoms with Gasteiger partial charge in [0.15, 0.2) is 11.5 Å². The van der Waals surface area contributed by atoms with Crippen molar-refractivity contribution in [1.29, 1.82) is 0 Å². The maximum Gasteiger partial charge on any atom is 0.255 e. The van der Waals surface area contributed by atoms with Crippen molar-refractivity contribution in [3.05, 3.63) is 78.4 Å². The molecule has 0 spiro atoms. The monoisotopic (exact) mass is 363 g/mol. The largest absolute Gasteiger partial charge is 0.486 e. The normalized spacial score (nSPS) is 12.5. The Kier molecular flexibility index (Phi) is 4.80. The molecule has 5 heteroatoms. The van der Waals surface area contributed by atoms with E-state index in [0.717, 1.165) is 15.5 Å². The zero-order valence-electron chi connectivity index (χ0n) is 14.0. The summed E-state index contributed by atoms with van der Waals surface area (Å²) in [5.74, 6) is 1.10. The van der Waals surface area contributed by atoms with E-state index in [-0.39, 0.29) is 5.91 Å². The molecule has 4 rings (SSSR count). The van der Waals surface area contributed by atoms with Crippen LogP contribution in [0, 0.1) is 0 Å². The van der Waals surface area contributed by atoms with E-state index in [4.69, 9.17) is 9.47 Å². The molecule has 0 saturated heterocycles. The molecule has 1 N–H and O–H groups in total. The molecule has 3 aromatic carbocycles. The van der Waals surface area contributed by atoms with Crippen LogP contribution >= 0.6 is 11.8 Å². The Morgan fingerprint density at radius 1 is 0.846 bits per heavy atom. The molecule has 1 heterocycles. The van der Waals surface area contributed by atoms with Gasteiger partial charge < -0.3 is 14.8 Å². The van der Waals surface area contributed by atoms with Crippen LogP contribution in [0.3, 0.4) is 0 Å². The lowest BCUT2D eigenvalue weighted by molar-refractivity contribution is 0.102. The molecule has 1 amide bonds. The Balaban J connectivity index is 1.55. The number of para-hydroxylation sites is 1. The van der Waals surface area contributed by atoms with Crippen LogP contribution in [-0.4, -0.2) is 19.1 Å². The molecule has 0 aliphatic carbocycles. The van der Waals surface area contributed by atoms with Crippen LogP contribution in [-0.2, 0) is 0 Å². The summed E-state index contributed by atoms with van der Waals surface area (Å²) in [5.41, 5.74) is 1.31. The van der Waals surface area contributed by atoms with Crippen LogP contribution in [0.1, 0.15) is 10.4 Å². The molecule has 0 atom stereocenters. The summed E-state index contributed by atoms with van der Waals surface area (Å²) in [4.78, 5) is 14.8. The fourth-order valence-corrected chi connectivity index (χ4v) is 3.58.